The highest BCUT2D eigenvalue weighted by atomic mass is 32.1. The molecule has 1 aliphatic heterocycles. The van der Waals surface area contributed by atoms with Gasteiger partial charge in [-0.15, -0.1) is 11.3 Å². The Kier molecular flexibility index (Phi) is 4.67. The number of amides is 1. The van der Waals surface area contributed by atoms with Gasteiger partial charge in [0.25, 0.3) is 0 Å². The Morgan fingerprint density at radius 2 is 2.22 bits per heavy atom. The van der Waals surface area contributed by atoms with Crippen LogP contribution in [0.4, 0.5) is 0 Å². The first-order chi connectivity index (χ1) is 13.0. The molecule has 0 unspecified atom stereocenters. The van der Waals surface area contributed by atoms with E-state index in [4.69, 9.17) is 10.5 Å². The molecule has 0 saturated heterocycles. The third-order valence-electron chi connectivity index (χ3n) is 4.54. The standard InChI is InChI=1S/C19H21N5O2S/c1-23(2)6-7-24-19(21-11-22-24)16-10-12-5-8-26-15-9-13(18(20)25)3-4-14(15)17(12)27-16/h3-4,9-11H,5-8H2,1-2H3,(H2,20,25). The summed E-state index contributed by atoms with van der Waals surface area (Å²) in [5, 5.41) is 4.37. The summed E-state index contributed by atoms with van der Waals surface area (Å²) >= 11 is 1.68. The Labute approximate surface area is 161 Å². The Morgan fingerprint density at radius 1 is 1.37 bits per heavy atom. The first kappa shape index (κ1) is 17.7. The molecule has 2 aromatic heterocycles. The Bertz CT molecular complexity index is 992. The number of hydrogen-bond acceptors (Lipinski definition) is 6. The van der Waals surface area contributed by atoms with Crippen molar-refractivity contribution >= 4 is 17.2 Å². The number of hydrogen-bond donors (Lipinski definition) is 1. The van der Waals surface area contributed by atoms with Crippen molar-refractivity contribution < 1.29 is 9.53 Å². The number of benzene rings is 1. The van der Waals surface area contributed by atoms with Crippen molar-refractivity contribution in [2.24, 2.45) is 5.73 Å². The van der Waals surface area contributed by atoms with E-state index in [0.29, 0.717) is 17.9 Å². The summed E-state index contributed by atoms with van der Waals surface area (Å²) < 4.78 is 7.80. The molecule has 4 rings (SSSR count). The maximum atomic E-state index is 11.5. The Morgan fingerprint density at radius 3 is 3.00 bits per heavy atom. The van der Waals surface area contributed by atoms with Gasteiger partial charge in [-0.2, -0.15) is 5.10 Å². The maximum absolute atomic E-state index is 11.5. The highest BCUT2D eigenvalue weighted by Crippen LogP contribution is 2.43. The summed E-state index contributed by atoms with van der Waals surface area (Å²) in [5.41, 5.74) is 8.07. The molecular weight excluding hydrogens is 362 g/mol. The van der Waals surface area contributed by atoms with Gasteiger partial charge in [-0.05, 0) is 43.9 Å². The van der Waals surface area contributed by atoms with E-state index in [1.165, 1.54) is 5.56 Å². The van der Waals surface area contributed by atoms with E-state index in [2.05, 4.69) is 21.0 Å². The minimum atomic E-state index is -0.452. The average molecular weight is 383 g/mol. The minimum absolute atomic E-state index is 0.452. The van der Waals surface area contributed by atoms with Gasteiger partial charge in [0.2, 0.25) is 5.91 Å². The molecule has 7 nitrogen and oxygen atoms in total. The molecule has 3 aromatic rings. The van der Waals surface area contributed by atoms with Crippen LogP contribution in [0.1, 0.15) is 15.9 Å². The molecular formula is C19H21N5O2S. The predicted molar refractivity (Wildman–Crippen MR) is 105 cm³/mol. The quantitative estimate of drug-likeness (QED) is 0.730. The highest BCUT2D eigenvalue weighted by Gasteiger charge is 2.22. The van der Waals surface area contributed by atoms with E-state index in [0.717, 1.165) is 40.7 Å². The van der Waals surface area contributed by atoms with Crippen molar-refractivity contribution in [1.82, 2.24) is 19.7 Å². The maximum Gasteiger partial charge on any atom is 0.248 e. The summed E-state index contributed by atoms with van der Waals surface area (Å²) in [7, 11) is 4.09. The molecule has 0 bridgehead atoms. The van der Waals surface area contributed by atoms with Crippen LogP contribution < -0.4 is 10.5 Å². The molecule has 0 atom stereocenters. The predicted octanol–water partition coefficient (Wildman–Crippen LogP) is 2.27. The molecule has 27 heavy (non-hydrogen) atoms. The smallest absolute Gasteiger partial charge is 0.248 e. The highest BCUT2D eigenvalue weighted by molar-refractivity contribution is 7.19. The summed E-state index contributed by atoms with van der Waals surface area (Å²) in [6.45, 7) is 2.24. The zero-order valence-electron chi connectivity index (χ0n) is 15.3. The van der Waals surface area contributed by atoms with Gasteiger partial charge in [0.15, 0.2) is 5.82 Å². The lowest BCUT2D eigenvalue weighted by atomic mass is 10.1. The Hall–Kier alpha value is -2.71. The zero-order chi connectivity index (χ0) is 19.0. The fourth-order valence-electron chi connectivity index (χ4n) is 3.12. The fraction of sp³-hybridized carbons (Fsp3) is 0.316. The molecule has 0 spiro atoms. The molecule has 8 heteroatoms. The monoisotopic (exact) mass is 383 g/mol. The minimum Gasteiger partial charge on any atom is -0.493 e. The summed E-state index contributed by atoms with van der Waals surface area (Å²) in [6.07, 6.45) is 2.41. The third kappa shape index (κ3) is 3.45. The van der Waals surface area contributed by atoms with Crippen LogP contribution in [0.15, 0.2) is 30.6 Å². The van der Waals surface area contributed by atoms with Crippen LogP contribution in [0.2, 0.25) is 0 Å². The third-order valence-corrected chi connectivity index (χ3v) is 5.75. The lowest BCUT2D eigenvalue weighted by Gasteiger charge is -2.10. The molecule has 2 N–H and O–H groups in total. The largest absolute Gasteiger partial charge is 0.493 e. The summed E-state index contributed by atoms with van der Waals surface area (Å²) in [5.74, 6) is 1.13. The van der Waals surface area contributed by atoms with E-state index < -0.39 is 5.91 Å². The van der Waals surface area contributed by atoms with Gasteiger partial charge in [0, 0.05) is 29.0 Å². The second-order valence-corrected chi connectivity index (χ2v) is 7.80. The lowest BCUT2D eigenvalue weighted by molar-refractivity contribution is 0.1000. The normalized spacial score (nSPS) is 13.0. The van der Waals surface area contributed by atoms with Crippen LogP contribution in [0.5, 0.6) is 5.75 Å². The van der Waals surface area contributed by atoms with Gasteiger partial charge >= 0.3 is 0 Å². The Balaban J connectivity index is 1.73. The number of likely N-dealkylation sites (N-methyl/N-ethyl adjacent to an activating group) is 1. The van der Waals surface area contributed by atoms with Gasteiger partial charge in [0.1, 0.15) is 12.1 Å². The van der Waals surface area contributed by atoms with Gasteiger partial charge in [0.05, 0.1) is 18.0 Å². The van der Waals surface area contributed by atoms with Gasteiger partial charge in [-0.25, -0.2) is 9.67 Å². The molecule has 0 saturated carbocycles. The van der Waals surface area contributed by atoms with Crippen molar-refractivity contribution in [3.8, 4) is 26.9 Å². The van der Waals surface area contributed by atoms with Crippen molar-refractivity contribution in [2.75, 3.05) is 27.2 Å². The number of thiophene rings is 1. The van der Waals surface area contributed by atoms with Crippen LogP contribution in [-0.4, -0.2) is 52.8 Å². The molecule has 1 aromatic carbocycles. The van der Waals surface area contributed by atoms with E-state index in [1.807, 2.05) is 24.8 Å². The topological polar surface area (TPSA) is 86.3 Å². The number of rotatable bonds is 5. The van der Waals surface area contributed by atoms with Crippen molar-refractivity contribution in [2.45, 2.75) is 13.0 Å². The number of ether oxygens (including phenoxy) is 1. The number of nitrogens with two attached hydrogens (primary N) is 1. The molecule has 0 aliphatic carbocycles. The second kappa shape index (κ2) is 7.13. The first-order valence-corrected chi connectivity index (χ1v) is 9.57. The van der Waals surface area contributed by atoms with E-state index in [1.54, 1.807) is 29.8 Å². The average Bonchev–Trinajstić information content (AvgIpc) is 3.23. The first-order valence-electron chi connectivity index (χ1n) is 8.75. The van der Waals surface area contributed by atoms with Crippen LogP contribution >= 0.6 is 11.3 Å². The molecule has 140 valence electrons. The molecule has 1 aliphatic rings. The van der Waals surface area contributed by atoms with Crippen molar-refractivity contribution in [3.63, 3.8) is 0 Å². The SMILES string of the molecule is CN(C)CCn1ncnc1-c1cc2c(s1)-c1ccc(C(N)=O)cc1OCC2. The summed E-state index contributed by atoms with van der Waals surface area (Å²) in [6, 6.07) is 7.57. The van der Waals surface area contributed by atoms with Gasteiger partial charge in [-0.3, -0.25) is 4.79 Å². The zero-order valence-corrected chi connectivity index (χ0v) is 16.1. The van der Waals surface area contributed by atoms with Crippen molar-refractivity contribution in [1.29, 1.82) is 0 Å². The van der Waals surface area contributed by atoms with Crippen LogP contribution in [0.25, 0.3) is 21.1 Å². The van der Waals surface area contributed by atoms with Crippen LogP contribution in [0, 0.1) is 0 Å². The van der Waals surface area contributed by atoms with E-state index in [-0.39, 0.29) is 0 Å². The van der Waals surface area contributed by atoms with Gasteiger partial charge in [-0.1, -0.05) is 0 Å². The molecule has 0 radical (unpaired) electrons. The number of carbonyl (C=O) groups is 1. The van der Waals surface area contributed by atoms with Gasteiger partial charge < -0.3 is 15.4 Å². The lowest BCUT2D eigenvalue weighted by Crippen LogP contribution is -2.19. The molecule has 1 amide bonds. The summed E-state index contributed by atoms with van der Waals surface area (Å²) in [4.78, 5) is 20.3. The second-order valence-electron chi connectivity index (χ2n) is 6.75. The van der Waals surface area contributed by atoms with Crippen molar-refractivity contribution in [3.05, 3.63) is 41.7 Å². The number of nitrogens with zero attached hydrogens (tertiary/aromatic N) is 4. The van der Waals surface area contributed by atoms with E-state index >= 15 is 0 Å². The number of carbonyl (C=O) groups excluding carboxylic acids is 1. The number of primary amides is 1. The fourth-order valence-corrected chi connectivity index (χ4v) is 4.36. The molecule has 0 fully saturated rings. The number of fused-ring (bicyclic) bond motifs is 3. The van der Waals surface area contributed by atoms with Crippen LogP contribution in [-0.2, 0) is 13.0 Å². The van der Waals surface area contributed by atoms with Crippen LogP contribution in [0.3, 0.4) is 0 Å². The number of aromatic nitrogens is 3. The molecule has 3 heterocycles. The van der Waals surface area contributed by atoms with E-state index in [9.17, 15) is 4.79 Å².